The van der Waals surface area contributed by atoms with Crippen LogP contribution in [0.2, 0.25) is 0 Å². The van der Waals surface area contributed by atoms with E-state index in [0.29, 0.717) is 0 Å². The van der Waals surface area contributed by atoms with Gasteiger partial charge in [-0.15, -0.1) is 0 Å². The largest absolute Gasteiger partial charge is 0.372 e. The summed E-state index contributed by atoms with van der Waals surface area (Å²) in [7, 11) is 0. The van der Waals surface area contributed by atoms with Gasteiger partial charge < -0.3 is 4.90 Å². The molecule has 0 amide bonds. The van der Waals surface area contributed by atoms with Crippen LogP contribution in [0.25, 0.3) is 11.1 Å². The van der Waals surface area contributed by atoms with E-state index < -0.39 is 0 Å². The van der Waals surface area contributed by atoms with Crippen LogP contribution in [0.15, 0.2) is 42.5 Å². The summed E-state index contributed by atoms with van der Waals surface area (Å²) in [5.41, 5.74) is 7.26. The molecule has 90 valence electrons. The third-order valence-electron chi connectivity index (χ3n) is 4.25. The molecular weight excluding hydrogens is 218 g/mol. The lowest BCUT2D eigenvalue weighted by Gasteiger charge is -2.18. The van der Waals surface area contributed by atoms with E-state index in [4.69, 9.17) is 0 Å². The molecule has 4 rings (SSSR count). The number of hydrogen-bond acceptors (Lipinski definition) is 1. The van der Waals surface area contributed by atoms with Crippen molar-refractivity contribution in [1.82, 2.24) is 0 Å². The standard InChI is InChI=1S/C17H17N/c1-2-6-16-13(5-1)11-14-7-8-15(12-17(14)16)18-9-3-4-10-18/h1-2,5-8,12H,3-4,9-11H2. The van der Waals surface area contributed by atoms with E-state index in [-0.39, 0.29) is 0 Å². The molecule has 0 aromatic heterocycles. The molecule has 0 atom stereocenters. The van der Waals surface area contributed by atoms with Gasteiger partial charge in [-0.25, -0.2) is 0 Å². The lowest BCUT2D eigenvalue weighted by molar-refractivity contribution is 0.949. The third kappa shape index (κ3) is 1.47. The van der Waals surface area contributed by atoms with Crippen molar-refractivity contribution in [3.63, 3.8) is 0 Å². The fraction of sp³-hybridized carbons (Fsp3) is 0.294. The van der Waals surface area contributed by atoms with Gasteiger partial charge in [0.15, 0.2) is 0 Å². The highest BCUT2D eigenvalue weighted by Gasteiger charge is 2.20. The fourth-order valence-electron chi connectivity index (χ4n) is 3.28. The molecule has 0 saturated carbocycles. The first-order valence-corrected chi connectivity index (χ1v) is 6.88. The number of nitrogens with zero attached hydrogens (tertiary/aromatic N) is 1. The van der Waals surface area contributed by atoms with E-state index in [9.17, 15) is 0 Å². The van der Waals surface area contributed by atoms with Crippen LogP contribution in [0.4, 0.5) is 5.69 Å². The molecular formula is C17H17N. The molecule has 0 spiro atoms. The average molecular weight is 235 g/mol. The van der Waals surface area contributed by atoms with Crippen LogP contribution < -0.4 is 4.90 Å². The lowest BCUT2D eigenvalue weighted by atomic mass is 10.1. The van der Waals surface area contributed by atoms with Crippen molar-refractivity contribution in [2.75, 3.05) is 18.0 Å². The SMILES string of the molecule is c1ccc2c(c1)Cc1ccc(N3CCCC3)cc1-2. The van der Waals surface area contributed by atoms with Gasteiger partial charge in [0.05, 0.1) is 0 Å². The third-order valence-corrected chi connectivity index (χ3v) is 4.25. The number of fused-ring (bicyclic) bond motifs is 3. The minimum Gasteiger partial charge on any atom is -0.372 e. The maximum Gasteiger partial charge on any atom is 0.0372 e. The highest BCUT2D eigenvalue weighted by molar-refractivity contribution is 5.79. The molecule has 0 N–H and O–H groups in total. The number of rotatable bonds is 1. The first kappa shape index (κ1) is 10.2. The smallest absolute Gasteiger partial charge is 0.0372 e. The summed E-state index contributed by atoms with van der Waals surface area (Å²) >= 11 is 0. The zero-order valence-electron chi connectivity index (χ0n) is 10.5. The van der Waals surface area contributed by atoms with Gasteiger partial charge in [-0.2, -0.15) is 0 Å². The zero-order valence-corrected chi connectivity index (χ0v) is 10.5. The van der Waals surface area contributed by atoms with Crippen molar-refractivity contribution in [1.29, 1.82) is 0 Å². The van der Waals surface area contributed by atoms with Crippen molar-refractivity contribution in [3.05, 3.63) is 53.6 Å². The molecule has 1 aliphatic carbocycles. The first-order chi connectivity index (χ1) is 8.92. The molecule has 0 unspecified atom stereocenters. The topological polar surface area (TPSA) is 3.24 Å². The van der Waals surface area contributed by atoms with Gasteiger partial charge in [-0.05, 0) is 53.6 Å². The van der Waals surface area contributed by atoms with Crippen LogP contribution in [0, 0.1) is 0 Å². The maximum absolute atomic E-state index is 2.52. The molecule has 18 heavy (non-hydrogen) atoms. The number of anilines is 1. The van der Waals surface area contributed by atoms with Gasteiger partial charge in [-0.1, -0.05) is 30.3 Å². The van der Waals surface area contributed by atoms with Gasteiger partial charge in [0.25, 0.3) is 0 Å². The molecule has 2 aromatic rings. The zero-order chi connectivity index (χ0) is 11.9. The molecule has 1 saturated heterocycles. The molecule has 1 heterocycles. The Bertz CT molecular complexity index is 594. The molecule has 2 aromatic carbocycles. The highest BCUT2D eigenvalue weighted by atomic mass is 15.1. The lowest BCUT2D eigenvalue weighted by Crippen LogP contribution is -2.17. The Morgan fingerprint density at radius 1 is 0.778 bits per heavy atom. The Kier molecular flexibility index (Phi) is 2.19. The summed E-state index contributed by atoms with van der Waals surface area (Å²) in [6.45, 7) is 2.45. The van der Waals surface area contributed by atoms with E-state index >= 15 is 0 Å². The van der Waals surface area contributed by atoms with Crippen LogP contribution >= 0.6 is 0 Å². The molecule has 1 nitrogen and oxygen atoms in total. The summed E-state index contributed by atoms with van der Waals surface area (Å²) in [5.74, 6) is 0. The molecule has 1 aliphatic heterocycles. The van der Waals surface area contributed by atoms with Crippen LogP contribution in [0.3, 0.4) is 0 Å². The van der Waals surface area contributed by atoms with E-state index in [1.54, 1.807) is 0 Å². The van der Waals surface area contributed by atoms with Crippen LogP contribution in [0.5, 0.6) is 0 Å². The Balaban J connectivity index is 1.81. The molecule has 1 heteroatoms. The number of benzene rings is 2. The van der Waals surface area contributed by atoms with Crippen molar-refractivity contribution in [3.8, 4) is 11.1 Å². The van der Waals surface area contributed by atoms with Gasteiger partial charge in [0.1, 0.15) is 0 Å². The minimum atomic E-state index is 1.10. The van der Waals surface area contributed by atoms with Gasteiger partial charge in [0.2, 0.25) is 0 Å². The second-order valence-corrected chi connectivity index (χ2v) is 5.37. The van der Waals surface area contributed by atoms with Crippen molar-refractivity contribution >= 4 is 5.69 Å². The summed E-state index contributed by atoms with van der Waals surface area (Å²) in [6.07, 6.45) is 3.78. The predicted octanol–water partition coefficient (Wildman–Crippen LogP) is 3.86. The van der Waals surface area contributed by atoms with E-state index in [0.717, 1.165) is 6.42 Å². The van der Waals surface area contributed by atoms with E-state index in [1.807, 2.05) is 0 Å². The average Bonchev–Trinajstić information content (AvgIpc) is 3.05. The summed E-state index contributed by atoms with van der Waals surface area (Å²) in [6, 6.07) is 15.8. The van der Waals surface area contributed by atoms with E-state index in [1.165, 1.54) is 53.9 Å². The maximum atomic E-state index is 2.52. The predicted molar refractivity (Wildman–Crippen MR) is 76.1 cm³/mol. The molecule has 1 fully saturated rings. The Morgan fingerprint density at radius 2 is 1.56 bits per heavy atom. The van der Waals surface area contributed by atoms with Crippen LogP contribution in [-0.4, -0.2) is 13.1 Å². The molecule has 2 aliphatic rings. The second-order valence-electron chi connectivity index (χ2n) is 5.37. The van der Waals surface area contributed by atoms with Gasteiger partial charge in [-0.3, -0.25) is 0 Å². The summed E-state index contributed by atoms with van der Waals surface area (Å²) < 4.78 is 0. The van der Waals surface area contributed by atoms with Gasteiger partial charge >= 0.3 is 0 Å². The normalized spacial score (nSPS) is 16.8. The highest BCUT2D eigenvalue weighted by Crippen LogP contribution is 2.38. The minimum absolute atomic E-state index is 1.10. The monoisotopic (exact) mass is 235 g/mol. The molecule has 0 bridgehead atoms. The Hall–Kier alpha value is -1.76. The Labute approximate surface area is 108 Å². The summed E-state index contributed by atoms with van der Waals surface area (Å²) in [5, 5.41) is 0. The fourth-order valence-corrected chi connectivity index (χ4v) is 3.28. The van der Waals surface area contributed by atoms with E-state index in [2.05, 4.69) is 47.4 Å². The van der Waals surface area contributed by atoms with Crippen LogP contribution in [-0.2, 0) is 6.42 Å². The van der Waals surface area contributed by atoms with Crippen molar-refractivity contribution < 1.29 is 0 Å². The van der Waals surface area contributed by atoms with Gasteiger partial charge in [0, 0.05) is 18.8 Å². The van der Waals surface area contributed by atoms with Crippen LogP contribution in [0.1, 0.15) is 24.0 Å². The summed E-state index contributed by atoms with van der Waals surface area (Å²) in [4.78, 5) is 2.52. The Morgan fingerprint density at radius 3 is 2.44 bits per heavy atom. The quantitative estimate of drug-likeness (QED) is 0.619. The van der Waals surface area contributed by atoms with Crippen molar-refractivity contribution in [2.45, 2.75) is 19.3 Å². The molecule has 0 radical (unpaired) electrons. The van der Waals surface area contributed by atoms with Crippen molar-refractivity contribution in [2.24, 2.45) is 0 Å². The first-order valence-electron chi connectivity index (χ1n) is 6.88. The second kappa shape index (κ2) is 3.88. The number of hydrogen-bond donors (Lipinski definition) is 0.